The molecule has 0 saturated carbocycles. The van der Waals surface area contributed by atoms with Gasteiger partial charge in [-0.2, -0.15) is 17.0 Å². The van der Waals surface area contributed by atoms with Crippen LogP contribution in [0.1, 0.15) is 12.2 Å². The van der Waals surface area contributed by atoms with Crippen molar-refractivity contribution < 1.29 is 4.42 Å². The van der Waals surface area contributed by atoms with E-state index in [-0.39, 0.29) is 6.04 Å². The Kier molecular flexibility index (Phi) is 5.62. The summed E-state index contributed by atoms with van der Waals surface area (Å²) in [6, 6.07) is 5.74. The van der Waals surface area contributed by atoms with Gasteiger partial charge in [0.2, 0.25) is 0 Å². The number of furan rings is 1. The van der Waals surface area contributed by atoms with Crippen LogP contribution in [0.25, 0.3) is 0 Å². The van der Waals surface area contributed by atoms with Gasteiger partial charge in [-0.3, -0.25) is 0 Å². The fraction of sp³-hybridized carbons (Fsp3) is 0.500. The molecule has 0 radical (unpaired) electrons. The van der Waals surface area contributed by atoms with Gasteiger partial charge >= 0.3 is 0 Å². The first-order valence-corrected chi connectivity index (χ1v) is 6.18. The lowest BCUT2D eigenvalue weighted by Crippen LogP contribution is -2.23. The summed E-state index contributed by atoms with van der Waals surface area (Å²) >= 11 is 7.37. The van der Waals surface area contributed by atoms with Crippen LogP contribution in [-0.2, 0) is 5.75 Å². The fourth-order valence-corrected chi connectivity index (χ4v) is 2.14. The van der Waals surface area contributed by atoms with Gasteiger partial charge < -0.3 is 9.73 Å². The lowest BCUT2D eigenvalue weighted by molar-refractivity contribution is 0.532. The Morgan fingerprint density at radius 3 is 3.00 bits per heavy atom. The van der Waals surface area contributed by atoms with Crippen LogP contribution in [0.2, 0.25) is 5.22 Å². The van der Waals surface area contributed by atoms with E-state index in [4.69, 9.17) is 21.3 Å². The van der Waals surface area contributed by atoms with Gasteiger partial charge in [-0.05, 0) is 43.0 Å². The second-order valence-corrected chi connectivity index (χ2v) is 4.50. The average Bonchev–Trinajstić information content (AvgIpc) is 2.65. The minimum absolute atomic E-state index is 0.0577. The van der Waals surface area contributed by atoms with Crippen LogP contribution in [0, 0.1) is 11.3 Å². The highest BCUT2D eigenvalue weighted by Crippen LogP contribution is 2.19. The second kappa shape index (κ2) is 6.78. The van der Waals surface area contributed by atoms with Crippen LogP contribution in [0.5, 0.6) is 0 Å². The summed E-state index contributed by atoms with van der Waals surface area (Å²) in [7, 11) is 1.80. The maximum Gasteiger partial charge on any atom is 0.193 e. The van der Waals surface area contributed by atoms with Crippen molar-refractivity contribution in [2.24, 2.45) is 0 Å². The molecule has 0 bridgehead atoms. The zero-order valence-electron chi connectivity index (χ0n) is 8.50. The van der Waals surface area contributed by atoms with Crippen molar-refractivity contribution in [1.82, 2.24) is 5.32 Å². The van der Waals surface area contributed by atoms with Crippen LogP contribution in [-0.4, -0.2) is 18.8 Å². The van der Waals surface area contributed by atoms with E-state index < -0.39 is 0 Å². The maximum atomic E-state index is 8.69. The summed E-state index contributed by atoms with van der Waals surface area (Å²) < 4.78 is 5.21. The molecule has 0 aliphatic carbocycles. The molecule has 1 heterocycles. The van der Waals surface area contributed by atoms with Crippen molar-refractivity contribution >= 4 is 23.4 Å². The standard InChI is InChI=1S/C10H13ClN2OS/c1-13-8(6-12)4-5-15-7-9-2-3-10(11)14-9/h2-3,8,13H,4-5,7H2,1H3. The third-order valence-corrected chi connectivity index (χ3v) is 3.14. The molecule has 82 valence electrons. The highest BCUT2D eigenvalue weighted by atomic mass is 35.5. The molecule has 0 spiro atoms. The number of hydrogen-bond acceptors (Lipinski definition) is 4. The molecule has 0 saturated heterocycles. The molecule has 5 heteroatoms. The van der Waals surface area contributed by atoms with Crippen LogP contribution in [0.4, 0.5) is 0 Å². The zero-order valence-corrected chi connectivity index (χ0v) is 10.1. The summed E-state index contributed by atoms with van der Waals surface area (Å²) in [5, 5.41) is 12.1. The first-order chi connectivity index (χ1) is 7.26. The fourth-order valence-electron chi connectivity index (χ4n) is 1.08. The molecule has 0 fully saturated rings. The van der Waals surface area contributed by atoms with Gasteiger partial charge in [-0.15, -0.1) is 0 Å². The van der Waals surface area contributed by atoms with Gasteiger partial charge in [-0.25, -0.2) is 0 Å². The number of nitriles is 1. The predicted octanol–water partition coefficient (Wildman–Crippen LogP) is 2.67. The van der Waals surface area contributed by atoms with Gasteiger partial charge in [0, 0.05) is 0 Å². The van der Waals surface area contributed by atoms with Gasteiger partial charge in [0.15, 0.2) is 5.22 Å². The van der Waals surface area contributed by atoms with Crippen molar-refractivity contribution in [3.63, 3.8) is 0 Å². The number of thioether (sulfide) groups is 1. The Balaban J connectivity index is 2.15. The largest absolute Gasteiger partial charge is 0.449 e. The number of hydrogen-bond donors (Lipinski definition) is 1. The van der Waals surface area contributed by atoms with E-state index in [2.05, 4.69) is 11.4 Å². The summed E-state index contributed by atoms with van der Waals surface area (Å²) in [6.45, 7) is 0. The zero-order chi connectivity index (χ0) is 11.1. The van der Waals surface area contributed by atoms with Crippen LogP contribution < -0.4 is 5.32 Å². The minimum Gasteiger partial charge on any atom is -0.449 e. The molecule has 1 rings (SSSR count). The minimum atomic E-state index is -0.0577. The smallest absolute Gasteiger partial charge is 0.193 e. The quantitative estimate of drug-likeness (QED) is 0.782. The predicted molar refractivity (Wildman–Crippen MR) is 63.0 cm³/mol. The Labute approximate surface area is 98.8 Å². The molecule has 0 amide bonds. The van der Waals surface area contributed by atoms with Gasteiger partial charge in [-0.1, -0.05) is 0 Å². The number of halogens is 1. The number of nitrogens with zero attached hydrogens (tertiary/aromatic N) is 1. The van der Waals surface area contributed by atoms with Crippen molar-refractivity contribution in [1.29, 1.82) is 5.26 Å². The van der Waals surface area contributed by atoms with Gasteiger partial charge in [0.1, 0.15) is 5.76 Å². The van der Waals surface area contributed by atoms with Crippen LogP contribution in [0.3, 0.4) is 0 Å². The Morgan fingerprint density at radius 1 is 1.67 bits per heavy atom. The van der Waals surface area contributed by atoms with Gasteiger partial charge in [0.25, 0.3) is 0 Å². The average molecular weight is 245 g/mol. The Morgan fingerprint density at radius 2 is 2.47 bits per heavy atom. The monoisotopic (exact) mass is 244 g/mol. The maximum absolute atomic E-state index is 8.69. The highest BCUT2D eigenvalue weighted by molar-refractivity contribution is 7.98. The first-order valence-electron chi connectivity index (χ1n) is 4.65. The van der Waals surface area contributed by atoms with E-state index in [9.17, 15) is 0 Å². The molecule has 3 nitrogen and oxygen atoms in total. The lowest BCUT2D eigenvalue weighted by Gasteiger charge is -2.05. The van der Waals surface area contributed by atoms with Crippen molar-refractivity contribution in [2.45, 2.75) is 18.2 Å². The van der Waals surface area contributed by atoms with E-state index in [0.29, 0.717) is 5.22 Å². The van der Waals surface area contributed by atoms with E-state index >= 15 is 0 Å². The van der Waals surface area contributed by atoms with Crippen molar-refractivity contribution in [2.75, 3.05) is 12.8 Å². The Bertz CT molecular complexity index is 334. The summed E-state index contributed by atoms with van der Waals surface area (Å²) in [5.74, 6) is 2.61. The topological polar surface area (TPSA) is 49.0 Å². The molecule has 15 heavy (non-hydrogen) atoms. The third-order valence-electron chi connectivity index (χ3n) is 1.93. The molecule has 1 aromatic rings. The highest BCUT2D eigenvalue weighted by Gasteiger charge is 2.04. The number of nitrogens with one attached hydrogen (secondary N) is 1. The molecule has 1 atom stereocenters. The summed E-state index contributed by atoms with van der Waals surface area (Å²) in [5.41, 5.74) is 0. The van der Waals surface area contributed by atoms with E-state index in [1.807, 2.05) is 6.07 Å². The first kappa shape index (κ1) is 12.4. The Hall–Kier alpha value is -0.630. The van der Waals surface area contributed by atoms with Gasteiger partial charge in [0.05, 0.1) is 17.9 Å². The van der Waals surface area contributed by atoms with Crippen molar-refractivity contribution in [3.05, 3.63) is 23.1 Å². The molecule has 1 N–H and O–H groups in total. The molecule has 1 aromatic heterocycles. The molecule has 0 aromatic carbocycles. The number of rotatable bonds is 6. The van der Waals surface area contributed by atoms with E-state index in [1.165, 1.54) is 0 Å². The van der Waals surface area contributed by atoms with E-state index in [1.54, 1.807) is 24.9 Å². The lowest BCUT2D eigenvalue weighted by atomic mass is 10.3. The molecule has 1 unspecified atom stereocenters. The van der Waals surface area contributed by atoms with Crippen LogP contribution >= 0.6 is 23.4 Å². The molecule has 0 aliphatic heterocycles. The molecular formula is C10H13ClN2OS. The summed E-state index contributed by atoms with van der Waals surface area (Å²) in [6.07, 6.45) is 0.839. The second-order valence-electron chi connectivity index (χ2n) is 3.02. The molecular weight excluding hydrogens is 232 g/mol. The molecule has 0 aliphatic rings. The SMILES string of the molecule is CNC(C#N)CCSCc1ccc(Cl)o1. The van der Waals surface area contributed by atoms with Crippen LogP contribution in [0.15, 0.2) is 16.5 Å². The summed E-state index contributed by atoms with van der Waals surface area (Å²) in [4.78, 5) is 0. The third kappa shape index (κ3) is 4.61. The van der Waals surface area contributed by atoms with E-state index in [0.717, 1.165) is 23.7 Å². The van der Waals surface area contributed by atoms with Crippen molar-refractivity contribution in [3.8, 4) is 6.07 Å². The normalized spacial score (nSPS) is 12.3.